The number of anilines is 1. The van der Waals surface area contributed by atoms with Gasteiger partial charge in [0.25, 0.3) is 0 Å². The highest BCUT2D eigenvalue weighted by Gasteiger charge is 2.05. The van der Waals surface area contributed by atoms with Crippen molar-refractivity contribution in [1.29, 1.82) is 0 Å². The lowest BCUT2D eigenvalue weighted by atomic mass is 10.3. The van der Waals surface area contributed by atoms with Crippen molar-refractivity contribution in [3.8, 4) is 0 Å². The SMILES string of the molecule is CCC(CC)Sc1ccc(NC(C)=O)cc1. The van der Waals surface area contributed by atoms with E-state index in [1.165, 1.54) is 24.7 Å². The summed E-state index contributed by atoms with van der Waals surface area (Å²) in [6.07, 6.45) is 2.38. The molecule has 0 heterocycles. The first kappa shape index (κ1) is 13.1. The van der Waals surface area contributed by atoms with Gasteiger partial charge < -0.3 is 5.32 Å². The number of rotatable bonds is 5. The summed E-state index contributed by atoms with van der Waals surface area (Å²) in [5.41, 5.74) is 0.862. The fourth-order valence-electron chi connectivity index (χ4n) is 1.47. The minimum absolute atomic E-state index is 0.0274. The van der Waals surface area contributed by atoms with Gasteiger partial charge in [-0.05, 0) is 37.1 Å². The molecule has 0 saturated carbocycles. The smallest absolute Gasteiger partial charge is 0.221 e. The van der Waals surface area contributed by atoms with Crippen molar-refractivity contribution in [2.24, 2.45) is 0 Å². The molecule has 1 amide bonds. The normalized spacial score (nSPS) is 10.5. The second kappa shape index (κ2) is 6.59. The number of nitrogens with one attached hydrogen (secondary N) is 1. The van der Waals surface area contributed by atoms with Gasteiger partial charge in [0.2, 0.25) is 5.91 Å². The maximum absolute atomic E-state index is 10.9. The number of benzene rings is 1. The van der Waals surface area contributed by atoms with Crippen LogP contribution in [-0.4, -0.2) is 11.2 Å². The molecule has 0 fully saturated rings. The topological polar surface area (TPSA) is 29.1 Å². The molecule has 1 rings (SSSR count). The minimum Gasteiger partial charge on any atom is -0.326 e. The molecule has 0 bridgehead atoms. The maximum atomic E-state index is 10.9. The third kappa shape index (κ3) is 4.27. The van der Waals surface area contributed by atoms with E-state index in [2.05, 4.69) is 31.3 Å². The quantitative estimate of drug-likeness (QED) is 0.786. The highest BCUT2D eigenvalue weighted by atomic mass is 32.2. The molecule has 0 atom stereocenters. The van der Waals surface area contributed by atoms with Gasteiger partial charge in [-0.25, -0.2) is 0 Å². The van der Waals surface area contributed by atoms with Crippen molar-refractivity contribution in [2.45, 2.75) is 43.8 Å². The molecule has 0 aliphatic heterocycles. The average molecular weight is 237 g/mol. The molecular formula is C13H19NOS. The number of thioether (sulfide) groups is 1. The van der Waals surface area contributed by atoms with E-state index in [9.17, 15) is 4.79 Å². The molecular weight excluding hydrogens is 218 g/mol. The number of amides is 1. The van der Waals surface area contributed by atoms with Crippen molar-refractivity contribution in [2.75, 3.05) is 5.32 Å². The lowest BCUT2D eigenvalue weighted by Crippen LogP contribution is -2.05. The van der Waals surface area contributed by atoms with Gasteiger partial charge in [-0.2, -0.15) is 0 Å². The second-order valence-electron chi connectivity index (χ2n) is 3.76. The number of carbonyl (C=O) groups is 1. The lowest BCUT2D eigenvalue weighted by Gasteiger charge is -2.12. The Kier molecular flexibility index (Phi) is 5.39. The fourth-order valence-corrected chi connectivity index (χ4v) is 2.48. The summed E-state index contributed by atoms with van der Waals surface area (Å²) in [6, 6.07) is 8.03. The Morgan fingerprint density at radius 2 is 1.81 bits per heavy atom. The van der Waals surface area contributed by atoms with Crippen LogP contribution >= 0.6 is 11.8 Å². The summed E-state index contributed by atoms with van der Waals surface area (Å²) in [5, 5.41) is 3.45. The molecule has 0 radical (unpaired) electrons. The van der Waals surface area contributed by atoms with Gasteiger partial charge in [0.05, 0.1) is 0 Å². The summed E-state index contributed by atoms with van der Waals surface area (Å²) in [7, 11) is 0. The summed E-state index contributed by atoms with van der Waals surface area (Å²) in [4.78, 5) is 12.1. The van der Waals surface area contributed by atoms with Crippen LogP contribution in [0.2, 0.25) is 0 Å². The summed E-state index contributed by atoms with van der Waals surface area (Å²) >= 11 is 1.90. The molecule has 3 heteroatoms. The molecule has 0 spiro atoms. The molecule has 0 aliphatic carbocycles. The van der Waals surface area contributed by atoms with E-state index in [1.54, 1.807) is 0 Å². The lowest BCUT2D eigenvalue weighted by molar-refractivity contribution is -0.114. The Labute approximate surface area is 102 Å². The molecule has 88 valence electrons. The van der Waals surface area contributed by atoms with Gasteiger partial charge in [-0.1, -0.05) is 13.8 Å². The predicted octanol–water partition coefficient (Wildman–Crippen LogP) is 3.93. The molecule has 0 saturated heterocycles. The standard InChI is InChI=1S/C13H19NOS/c1-4-12(5-2)16-13-8-6-11(7-9-13)14-10(3)15/h6-9,12H,4-5H2,1-3H3,(H,14,15). The van der Waals surface area contributed by atoms with E-state index in [0.29, 0.717) is 5.25 Å². The summed E-state index contributed by atoms with van der Waals surface area (Å²) < 4.78 is 0. The van der Waals surface area contributed by atoms with Crippen molar-refractivity contribution < 1.29 is 4.79 Å². The second-order valence-corrected chi connectivity index (χ2v) is 5.14. The highest BCUT2D eigenvalue weighted by molar-refractivity contribution is 8.00. The zero-order chi connectivity index (χ0) is 12.0. The van der Waals surface area contributed by atoms with Crippen LogP contribution in [0.1, 0.15) is 33.6 Å². The first-order valence-corrected chi connectivity index (χ1v) is 6.58. The molecule has 1 N–H and O–H groups in total. The molecule has 0 aromatic heterocycles. The minimum atomic E-state index is -0.0274. The third-order valence-electron chi connectivity index (χ3n) is 2.39. The zero-order valence-electron chi connectivity index (χ0n) is 10.1. The summed E-state index contributed by atoms with van der Waals surface area (Å²) in [5.74, 6) is -0.0274. The van der Waals surface area contributed by atoms with E-state index in [0.717, 1.165) is 5.69 Å². The first-order valence-electron chi connectivity index (χ1n) is 5.70. The Morgan fingerprint density at radius 1 is 1.25 bits per heavy atom. The average Bonchev–Trinajstić information content (AvgIpc) is 2.27. The van der Waals surface area contributed by atoms with E-state index in [-0.39, 0.29) is 5.91 Å². The van der Waals surface area contributed by atoms with Gasteiger partial charge in [0, 0.05) is 22.8 Å². The van der Waals surface area contributed by atoms with E-state index in [1.807, 2.05) is 23.9 Å². The molecule has 0 aliphatic rings. The van der Waals surface area contributed by atoms with Gasteiger partial charge in [0.15, 0.2) is 0 Å². The largest absolute Gasteiger partial charge is 0.326 e. The van der Waals surface area contributed by atoms with Crippen molar-refractivity contribution in [1.82, 2.24) is 0 Å². The van der Waals surface area contributed by atoms with E-state index < -0.39 is 0 Å². The molecule has 0 unspecified atom stereocenters. The van der Waals surface area contributed by atoms with Crippen LogP contribution in [0.15, 0.2) is 29.2 Å². The highest BCUT2D eigenvalue weighted by Crippen LogP contribution is 2.28. The molecule has 2 nitrogen and oxygen atoms in total. The Balaban J connectivity index is 2.60. The van der Waals surface area contributed by atoms with Crippen LogP contribution < -0.4 is 5.32 Å². The van der Waals surface area contributed by atoms with Gasteiger partial charge in [-0.15, -0.1) is 11.8 Å². The van der Waals surface area contributed by atoms with Gasteiger partial charge >= 0.3 is 0 Å². The number of hydrogen-bond donors (Lipinski definition) is 1. The fraction of sp³-hybridized carbons (Fsp3) is 0.462. The van der Waals surface area contributed by atoms with Crippen LogP contribution in [0.4, 0.5) is 5.69 Å². The van der Waals surface area contributed by atoms with Crippen LogP contribution in [0.5, 0.6) is 0 Å². The Bertz CT molecular complexity index is 330. The van der Waals surface area contributed by atoms with Crippen molar-refractivity contribution >= 4 is 23.4 Å². The monoisotopic (exact) mass is 237 g/mol. The Morgan fingerprint density at radius 3 is 2.25 bits per heavy atom. The Hall–Kier alpha value is -0.960. The molecule has 1 aromatic rings. The maximum Gasteiger partial charge on any atom is 0.221 e. The number of carbonyl (C=O) groups excluding carboxylic acids is 1. The first-order chi connectivity index (χ1) is 7.65. The van der Waals surface area contributed by atoms with Gasteiger partial charge in [-0.3, -0.25) is 4.79 Å². The van der Waals surface area contributed by atoms with Crippen molar-refractivity contribution in [3.63, 3.8) is 0 Å². The van der Waals surface area contributed by atoms with Crippen LogP contribution in [0, 0.1) is 0 Å². The van der Waals surface area contributed by atoms with Gasteiger partial charge in [0.1, 0.15) is 0 Å². The van der Waals surface area contributed by atoms with E-state index in [4.69, 9.17) is 0 Å². The third-order valence-corrected chi connectivity index (χ3v) is 3.93. The molecule has 1 aromatic carbocycles. The summed E-state index contributed by atoms with van der Waals surface area (Å²) in [6.45, 7) is 5.95. The number of hydrogen-bond acceptors (Lipinski definition) is 2. The van der Waals surface area contributed by atoms with Crippen LogP contribution in [0.25, 0.3) is 0 Å². The zero-order valence-corrected chi connectivity index (χ0v) is 10.9. The van der Waals surface area contributed by atoms with Crippen molar-refractivity contribution in [3.05, 3.63) is 24.3 Å². The van der Waals surface area contributed by atoms with E-state index >= 15 is 0 Å². The molecule has 16 heavy (non-hydrogen) atoms. The van der Waals surface area contributed by atoms with Crippen LogP contribution in [0.3, 0.4) is 0 Å². The van der Waals surface area contributed by atoms with Crippen LogP contribution in [-0.2, 0) is 4.79 Å². The predicted molar refractivity (Wildman–Crippen MR) is 71.0 cm³/mol.